The molecule has 31 heavy (non-hydrogen) atoms. The van der Waals surface area contributed by atoms with Gasteiger partial charge in [0.05, 0.1) is 25.5 Å². The van der Waals surface area contributed by atoms with Gasteiger partial charge in [-0.2, -0.15) is 0 Å². The van der Waals surface area contributed by atoms with Crippen molar-refractivity contribution in [2.75, 3.05) is 25.0 Å². The first kappa shape index (κ1) is 21.1. The number of fused-ring (bicyclic) bond motifs is 1. The number of rotatable bonds is 7. The Kier molecular flexibility index (Phi) is 6.34. The zero-order valence-corrected chi connectivity index (χ0v) is 17.6. The second kappa shape index (κ2) is 9.32. The Balaban J connectivity index is 1.58. The Bertz CT molecular complexity index is 1090. The third-order valence-corrected chi connectivity index (χ3v) is 5.60. The zero-order valence-electron chi connectivity index (χ0n) is 17.6. The highest BCUT2D eigenvalue weighted by Gasteiger charge is 2.32. The number of nitrogens with two attached hydrogens (primary N) is 1. The second-order valence-corrected chi connectivity index (χ2v) is 7.69. The molecule has 1 saturated heterocycles. The van der Waals surface area contributed by atoms with Gasteiger partial charge in [-0.15, -0.1) is 0 Å². The number of carbonyl (C=O) groups excluding carboxylic acids is 2. The summed E-state index contributed by atoms with van der Waals surface area (Å²) in [6.45, 7) is 3.39. The van der Waals surface area contributed by atoms with E-state index in [-0.39, 0.29) is 24.5 Å². The van der Waals surface area contributed by atoms with E-state index in [2.05, 4.69) is 5.32 Å². The minimum atomic E-state index is -0.353. The van der Waals surface area contributed by atoms with E-state index in [4.69, 9.17) is 14.9 Å². The van der Waals surface area contributed by atoms with Crippen LogP contribution >= 0.6 is 0 Å². The first-order valence-electron chi connectivity index (χ1n) is 10.6. The fourth-order valence-electron chi connectivity index (χ4n) is 4.14. The molecule has 0 bridgehead atoms. The Morgan fingerprint density at radius 3 is 2.94 bits per heavy atom. The van der Waals surface area contributed by atoms with E-state index in [9.17, 15) is 9.59 Å². The summed E-state index contributed by atoms with van der Waals surface area (Å²) in [4.78, 5) is 26.8. The normalized spacial score (nSPS) is 16.5. The number of ether oxygens (including phenoxy) is 1. The molecule has 0 aliphatic carbocycles. The van der Waals surface area contributed by atoms with Crippen LogP contribution in [0.1, 0.15) is 25.3 Å². The average Bonchev–Trinajstić information content (AvgIpc) is 3.42. The van der Waals surface area contributed by atoms with Gasteiger partial charge in [-0.25, -0.2) is 0 Å². The number of carbonyl (C=O) groups is 2. The lowest BCUT2D eigenvalue weighted by Crippen LogP contribution is -2.42. The molecule has 1 fully saturated rings. The molecule has 162 valence electrons. The van der Waals surface area contributed by atoms with Crippen molar-refractivity contribution in [2.24, 2.45) is 5.73 Å². The van der Waals surface area contributed by atoms with Gasteiger partial charge < -0.3 is 20.2 Å². The summed E-state index contributed by atoms with van der Waals surface area (Å²) in [7, 11) is 0. The van der Waals surface area contributed by atoms with Gasteiger partial charge in [-0.3, -0.25) is 14.5 Å². The Hall–Kier alpha value is -3.16. The maximum atomic E-state index is 13.0. The highest BCUT2D eigenvalue weighted by molar-refractivity contribution is 6.01. The summed E-state index contributed by atoms with van der Waals surface area (Å²) in [5.74, 6) is -0.421. The van der Waals surface area contributed by atoms with Gasteiger partial charge in [-0.05, 0) is 61.7 Å². The first-order valence-corrected chi connectivity index (χ1v) is 10.6. The van der Waals surface area contributed by atoms with E-state index in [1.807, 2.05) is 47.4 Å². The van der Waals surface area contributed by atoms with Gasteiger partial charge in [-0.1, -0.05) is 18.2 Å². The Labute approximate surface area is 181 Å². The van der Waals surface area contributed by atoms with Gasteiger partial charge in [0, 0.05) is 23.2 Å². The predicted molar refractivity (Wildman–Crippen MR) is 119 cm³/mol. The van der Waals surface area contributed by atoms with Crippen LogP contribution < -0.4 is 11.1 Å². The fourth-order valence-corrected chi connectivity index (χ4v) is 4.14. The molecule has 0 spiro atoms. The highest BCUT2D eigenvalue weighted by Crippen LogP contribution is 2.33. The van der Waals surface area contributed by atoms with E-state index in [0.29, 0.717) is 31.8 Å². The van der Waals surface area contributed by atoms with Crippen molar-refractivity contribution in [1.82, 2.24) is 4.90 Å². The van der Waals surface area contributed by atoms with Crippen molar-refractivity contribution in [3.05, 3.63) is 54.3 Å². The minimum absolute atomic E-state index is 0.119. The minimum Gasteiger partial charge on any atom is -0.465 e. The third-order valence-electron chi connectivity index (χ3n) is 5.60. The summed E-state index contributed by atoms with van der Waals surface area (Å²) in [6.07, 6.45) is 3.23. The molecule has 0 saturated carbocycles. The average molecular weight is 421 g/mol. The third kappa shape index (κ3) is 4.62. The summed E-state index contributed by atoms with van der Waals surface area (Å²) < 4.78 is 10.8. The molecule has 3 N–H and O–H groups in total. The van der Waals surface area contributed by atoms with E-state index in [1.54, 1.807) is 13.2 Å². The fraction of sp³-hybridized carbons (Fsp3) is 0.333. The molecular formula is C24H27N3O4. The molecule has 3 aromatic rings. The highest BCUT2D eigenvalue weighted by atomic mass is 16.5. The van der Waals surface area contributed by atoms with Crippen molar-refractivity contribution in [2.45, 2.75) is 32.4 Å². The van der Waals surface area contributed by atoms with Crippen LogP contribution in [0.3, 0.4) is 0 Å². The number of benzene rings is 2. The number of likely N-dealkylation sites (tertiary alicyclic amines) is 1. The van der Waals surface area contributed by atoms with E-state index < -0.39 is 0 Å². The smallest absolute Gasteiger partial charge is 0.320 e. The number of nitrogens with one attached hydrogen (secondary N) is 1. The van der Waals surface area contributed by atoms with E-state index in [0.717, 1.165) is 34.1 Å². The molecule has 2 heterocycles. The molecule has 1 amide bonds. The lowest BCUT2D eigenvalue weighted by molar-refractivity contribution is -0.144. The topological polar surface area (TPSA) is 97.8 Å². The second-order valence-electron chi connectivity index (χ2n) is 7.69. The molecular weight excluding hydrogens is 394 g/mol. The van der Waals surface area contributed by atoms with E-state index >= 15 is 0 Å². The van der Waals surface area contributed by atoms with Crippen LogP contribution in [-0.2, 0) is 20.9 Å². The van der Waals surface area contributed by atoms with Crippen molar-refractivity contribution in [3.63, 3.8) is 0 Å². The molecule has 1 aliphatic heterocycles. The van der Waals surface area contributed by atoms with Crippen molar-refractivity contribution < 1.29 is 18.7 Å². The lowest BCUT2D eigenvalue weighted by Gasteiger charge is -2.22. The van der Waals surface area contributed by atoms with Crippen molar-refractivity contribution in [3.8, 4) is 11.1 Å². The van der Waals surface area contributed by atoms with Crippen LogP contribution in [0, 0.1) is 0 Å². The molecule has 0 radical (unpaired) electrons. The predicted octanol–water partition coefficient (Wildman–Crippen LogP) is 3.52. The quantitative estimate of drug-likeness (QED) is 0.567. The maximum Gasteiger partial charge on any atom is 0.320 e. The van der Waals surface area contributed by atoms with Gasteiger partial charge in [0.15, 0.2) is 0 Å². The van der Waals surface area contributed by atoms with Crippen LogP contribution in [0.25, 0.3) is 22.1 Å². The van der Waals surface area contributed by atoms with Gasteiger partial charge in [0.25, 0.3) is 0 Å². The van der Waals surface area contributed by atoms with Gasteiger partial charge in [0.1, 0.15) is 5.58 Å². The van der Waals surface area contributed by atoms with Crippen LogP contribution in [0.15, 0.2) is 53.1 Å². The molecule has 1 aliphatic rings. The SMILES string of the molecule is CCOC(=O)CN1CCC[C@@H]1C(=O)Nc1cc(-c2cccc(CN)c2)c2occc2c1. The van der Waals surface area contributed by atoms with Crippen LogP contribution in [0.2, 0.25) is 0 Å². The Morgan fingerprint density at radius 1 is 1.26 bits per heavy atom. The monoisotopic (exact) mass is 421 g/mol. The largest absolute Gasteiger partial charge is 0.465 e. The standard InChI is InChI=1S/C24H27N3O4/c1-2-30-22(28)15-27-9-4-7-21(27)24(29)26-19-12-18-8-10-31-23(18)20(13-19)17-6-3-5-16(11-17)14-25/h3,5-6,8,10-13,21H,2,4,7,9,14-15,25H2,1H3,(H,26,29)/t21-/m1/s1. The molecule has 7 heteroatoms. The molecule has 1 atom stereocenters. The Morgan fingerprint density at radius 2 is 2.13 bits per heavy atom. The van der Waals surface area contributed by atoms with Crippen LogP contribution in [0.5, 0.6) is 0 Å². The number of furan rings is 1. The number of nitrogens with zero attached hydrogens (tertiary/aromatic N) is 1. The molecule has 7 nitrogen and oxygen atoms in total. The molecule has 2 aromatic carbocycles. The summed E-state index contributed by atoms with van der Waals surface area (Å²) in [5, 5.41) is 3.94. The number of hydrogen-bond donors (Lipinski definition) is 2. The van der Waals surface area contributed by atoms with Crippen molar-refractivity contribution >= 4 is 28.5 Å². The summed E-state index contributed by atoms with van der Waals surface area (Å²) >= 11 is 0. The van der Waals surface area contributed by atoms with E-state index in [1.165, 1.54) is 0 Å². The van der Waals surface area contributed by atoms with Crippen molar-refractivity contribution in [1.29, 1.82) is 0 Å². The molecule has 1 aromatic heterocycles. The van der Waals surface area contributed by atoms with Crippen LogP contribution in [-0.4, -0.2) is 42.5 Å². The molecule has 0 unspecified atom stereocenters. The number of hydrogen-bond acceptors (Lipinski definition) is 6. The summed E-state index contributed by atoms with van der Waals surface area (Å²) in [6, 6.07) is 13.3. The maximum absolute atomic E-state index is 13.0. The van der Waals surface area contributed by atoms with Gasteiger partial charge in [0.2, 0.25) is 5.91 Å². The first-order chi connectivity index (χ1) is 15.1. The molecule has 4 rings (SSSR count). The lowest BCUT2D eigenvalue weighted by atomic mass is 10.0. The van der Waals surface area contributed by atoms with Crippen LogP contribution in [0.4, 0.5) is 5.69 Å². The summed E-state index contributed by atoms with van der Waals surface area (Å²) in [5.41, 5.74) is 10.1. The number of amides is 1. The number of esters is 1. The number of anilines is 1. The van der Waals surface area contributed by atoms with Gasteiger partial charge >= 0.3 is 5.97 Å². The zero-order chi connectivity index (χ0) is 21.8.